The van der Waals surface area contributed by atoms with Crippen molar-refractivity contribution in [1.82, 2.24) is 19.9 Å². The first-order valence-electron chi connectivity index (χ1n) is 7.26. The van der Waals surface area contributed by atoms with Gasteiger partial charge >= 0.3 is 0 Å². The van der Waals surface area contributed by atoms with E-state index in [1.807, 2.05) is 0 Å². The molecule has 0 amide bonds. The van der Waals surface area contributed by atoms with Crippen molar-refractivity contribution in [1.29, 1.82) is 0 Å². The Bertz CT molecular complexity index is 776. The Balaban J connectivity index is 0.000000504. The van der Waals surface area contributed by atoms with Crippen LogP contribution >= 0.6 is 0 Å². The van der Waals surface area contributed by atoms with Crippen molar-refractivity contribution < 1.29 is 19.7 Å². The summed E-state index contributed by atoms with van der Waals surface area (Å²) in [6, 6.07) is 0. The van der Waals surface area contributed by atoms with Crippen LogP contribution in [0.2, 0.25) is 0 Å². The molecule has 0 saturated heterocycles. The maximum atomic E-state index is 10.3. The van der Waals surface area contributed by atoms with Crippen LogP contribution in [0.5, 0.6) is 11.8 Å². The van der Waals surface area contributed by atoms with Gasteiger partial charge in [0.25, 0.3) is 5.88 Å². The van der Waals surface area contributed by atoms with Crippen molar-refractivity contribution >= 4 is 34.9 Å². The van der Waals surface area contributed by atoms with Crippen LogP contribution in [0, 0.1) is 4.91 Å². The summed E-state index contributed by atoms with van der Waals surface area (Å²) < 4.78 is 9.85. The van der Waals surface area contributed by atoms with Gasteiger partial charge in [0, 0.05) is 0 Å². The van der Waals surface area contributed by atoms with Crippen LogP contribution in [0.3, 0.4) is 0 Å². The fraction of sp³-hybridized carbons (Fsp3) is 0.385. The van der Waals surface area contributed by atoms with Gasteiger partial charge in [0.05, 0.1) is 13.2 Å². The van der Waals surface area contributed by atoms with Crippen LogP contribution in [-0.2, 0) is 0 Å². The number of aromatic nitrogens is 4. The van der Waals surface area contributed by atoms with Crippen molar-refractivity contribution in [2.24, 2.45) is 5.18 Å². The van der Waals surface area contributed by atoms with E-state index in [4.69, 9.17) is 48.4 Å². The number of nitrogen functional groups attached to an aromatic ring is 5. The Hall–Kier alpha value is -3.72. The molecule has 0 fully saturated rings. The number of anilines is 5. The fourth-order valence-electron chi connectivity index (χ4n) is 1.53. The second kappa shape index (κ2) is 11.8. The lowest BCUT2D eigenvalue weighted by Crippen LogP contribution is -2.10. The lowest BCUT2D eigenvalue weighted by Gasteiger charge is -2.07. The minimum absolute atomic E-state index is 0. The van der Waals surface area contributed by atoms with Crippen molar-refractivity contribution in [3.8, 4) is 11.8 Å². The van der Waals surface area contributed by atoms with Crippen LogP contribution in [0.1, 0.15) is 7.43 Å². The minimum atomic E-state index is -0.220. The number of nitroso groups, excluding NO2 is 1. The normalized spacial score (nSPS) is 9.50. The highest BCUT2D eigenvalue weighted by Gasteiger charge is 2.13. The van der Waals surface area contributed by atoms with E-state index in [9.17, 15) is 4.91 Å². The number of rotatable bonds is 7. The molecule has 0 bridgehead atoms. The quantitative estimate of drug-likeness (QED) is 0.264. The third kappa shape index (κ3) is 6.89. The second-order valence-electron chi connectivity index (χ2n) is 4.54. The van der Waals surface area contributed by atoms with Gasteiger partial charge in [-0.2, -0.15) is 19.9 Å². The molecule has 0 aromatic carbocycles. The molecule has 0 atom stereocenters. The molecular weight excluding hydrogens is 376 g/mol. The van der Waals surface area contributed by atoms with E-state index in [2.05, 4.69) is 25.1 Å². The molecule has 0 saturated carbocycles. The first-order chi connectivity index (χ1) is 12.8. The zero-order chi connectivity index (χ0) is 20.4. The molecule has 2 aromatic rings. The maximum absolute atomic E-state index is 10.3. The molecule has 2 aromatic heterocycles. The fourth-order valence-corrected chi connectivity index (χ4v) is 1.53. The third-order valence-electron chi connectivity index (χ3n) is 2.61. The molecule has 12 N–H and O–H groups in total. The Labute approximate surface area is 159 Å². The summed E-state index contributed by atoms with van der Waals surface area (Å²) in [6.07, 6.45) is 0. The summed E-state index contributed by atoms with van der Waals surface area (Å²) in [5.41, 5.74) is 26.7. The van der Waals surface area contributed by atoms with Crippen molar-refractivity contribution in [2.75, 3.05) is 55.1 Å². The largest absolute Gasteiger partial charge is 0.474 e. The van der Waals surface area contributed by atoms with E-state index in [1.165, 1.54) is 0 Å². The topological polar surface area (TPSA) is 270 Å². The molecule has 15 heteroatoms. The minimum Gasteiger partial charge on any atom is -0.474 e. The van der Waals surface area contributed by atoms with Gasteiger partial charge < -0.3 is 48.4 Å². The van der Waals surface area contributed by atoms with Crippen molar-refractivity contribution in [3.63, 3.8) is 0 Å². The second-order valence-corrected chi connectivity index (χ2v) is 4.54. The van der Waals surface area contributed by atoms with Gasteiger partial charge in [-0.25, -0.2) is 0 Å². The number of nitrogens with zero attached hydrogens (tertiary/aromatic N) is 5. The monoisotopic (exact) mass is 400 g/mol. The Morgan fingerprint density at radius 2 is 1.25 bits per heavy atom. The zero-order valence-corrected chi connectivity index (χ0v) is 14.1. The number of hydrogen-bond donors (Lipinski definition) is 7. The average Bonchev–Trinajstić information content (AvgIpc) is 2.62. The molecule has 0 aliphatic rings. The number of aliphatic hydroxyl groups excluding tert-OH is 2. The third-order valence-corrected chi connectivity index (χ3v) is 2.61. The number of nitrogens with two attached hydrogens (primary N) is 5. The average molecular weight is 400 g/mol. The Morgan fingerprint density at radius 1 is 0.786 bits per heavy atom. The van der Waals surface area contributed by atoms with Crippen molar-refractivity contribution in [2.45, 2.75) is 7.43 Å². The van der Waals surface area contributed by atoms with E-state index < -0.39 is 0 Å². The Morgan fingerprint density at radius 3 is 1.75 bits per heavy atom. The summed E-state index contributed by atoms with van der Waals surface area (Å²) in [7, 11) is 0. The highest BCUT2D eigenvalue weighted by molar-refractivity contribution is 5.66. The lowest BCUT2D eigenvalue weighted by atomic mass is 10.4. The predicted octanol–water partition coefficient (Wildman–Crippen LogP) is -1.36. The highest BCUT2D eigenvalue weighted by Crippen LogP contribution is 2.30. The van der Waals surface area contributed by atoms with Gasteiger partial charge in [0.15, 0.2) is 11.6 Å². The standard InChI is InChI=1S/C6H9N5O3.C6H11N5O2.CH4/c7-4-3(11-13)5(14-2-1-12)10-6(8)9-4;7-3-4(8)10-6(9)11-5(3)13-2-1-12;/h12H,1-2H2,(H4,7,8,9,10);12H,1-2,7H2,(H4,8,9,10,11);1H4. The van der Waals surface area contributed by atoms with Crippen molar-refractivity contribution in [3.05, 3.63) is 4.91 Å². The molecular formula is C13H24N10O5. The first-order valence-corrected chi connectivity index (χ1v) is 7.26. The van der Waals surface area contributed by atoms with Gasteiger partial charge in [0.2, 0.25) is 23.5 Å². The lowest BCUT2D eigenvalue weighted by molar-refractivity contribution is 0.197. The SMILES string of the molecule is C.Nc1nc(N)c(N)c(OCCO)n1.Nc1nc(N)c(N=O)c(OCCO)n1. The van der Waals surface area contributed by atoms with E-state index in [0.717, 1.165) is 0 Å². The summed E-state index contributed by atoms with van der Waals surface area (Å²) in [5.74, 6) is -0.249. The summed E-state index contributed by atoms with van der Waals surface area (Å²) in [4.78, 5) is 24.8. The number of aliphatic hydroxyl groups is 2. The molecule has 28 heavy (non-hydrogen) atoms. The number of ether oxygens (including phenoxy) is 2. The molecule has 2 rings (SSSR count). The van der Waals surface area contributed by atoms with E-state index in [1.54, 1.807) is 0 Å². The summed E-state index contributed by atoms with van der Waals surface area (Å²) in [5, 5.41) is 19.6. The first kappa shape index (κ1) is 24.3. The van der Waals surface area contributed by atoms with Gasteiger partial charge in [-0.05, 0) is 5.18 Å². The molecule has 156 valence electrons. The van der Waals surface area contributed by atoms with Gasteiger partial charge in [-0.3, -0.25) is 0 Å². The highest BCUT2D eigenvalue weighted by atomic mass is 16.5. The van der Waals surface area contributed by atoms with E-state index in [0.29, 0.717) is 0 Å². The molecule has 2 heterocycles. The molecule has 0 unspecified atom stereocenters. The van der Waals surface area contributed by atoms with Gasteiger partial charge in [-0.15, -0.1) is 4.91 Å². The molecule has 0 aliphatic carbocycles. The predicted molar refractivity (Wildman–Crippen MR) is 103 cm³/mol. The van der Waals surface area contributed by atoms with E-state index >= 15 is 0 Å². The van der Waals surface area contributed by atoms with Crippen LogP contribution in [-0.4, -0.2) is 56.6 Å². The number of hydrogen-bond acceptors (Lipinski definition) is 15. The van der Waals surface area contributed by atoms with Crippen LogP contribution in [0.25, 0.3) is 0 Å². The van der Waals surface area contributed by atoms with E-state index in [-0.39, 0.29) is 80.5 Å². The molecule has 0 radical (unpaired) electrons. The molecule has 15 nitrogen and oxygen atoms in total. The van der Waals surface area contributed by atoms with Crippen LogP contribution in [0.15, 0.2) is 5.18 Å². The molecule has 0 spiro atoms. The zero-order valence-electron chi connectivity index (χ0n) is 14.1. The smallest absolute Gasteiger partial charge is 0.250 e. The Kier molecular flexibility index (Phi) is 10.2. The molecule has 0 aliphatic heterocycles. The van der Waals surface area contributed by atoms with Crippen LogP contribution < -0.4 is 38.1 Å². The maximum Gasteiger partial charge on any atom is 0.250 e. The summed E-state index contributed by atoms with van der Waals surface area (Å²) in [6.45, 7) is -0.302. The summed E-state index contributed by atoms with van der Waals surface area (Å²) >= 11 is 0. The van der Waals surface area contributed by atoms with Gasteiger partial charge in [0.1, 0.15) is 18.9 Å². The van der Waals surface area contributed by atoms with Crippen LogP contribution in [0.4, 0.5) is 34.9 Å². The van der Waals surface area contributed by atoms with Gasteiger partial charge in [-0.1, -0.05) is 7.43 Å².